The zero-order valence-electron chi connectivity index (χ0n) is 13.9. The minimum Gasteiger partial charge on any atom is -0.497 e. The van der Waals surface area contributed by atoms with Crippen LogP contribution < -0.4 is 10.1 Å². The molecule has 0 aliphatic carbocycles. The lowest BCUT2D eigenvalue weighted by molar-refractivity contribution is 0.102. The van der Waals surface area contributed by atoms with Crippen LogP contribution in [0.3, 0.4) is 0 Å². The van der Waals surface area contributed by atoms with Crippen molar-refractivity contribution in [2.75, 3.05) is 12.4 Å². The zero-order chi connectivity index (χ0) is 17.5. The molecule has 1 amide bonds. The zero-order valence-corrected chi connectivity index (χ0v) is 14.8. The van der Waals surface area contributed by atoms with Crippen molar-refractivity contribution in [3.63, 3.8) is 0 Å². The van der Waals surface area contributed by atoms with Crippen LogP contribution in [0.25, 0.3) is 0 Å². The molecule has 0 spiro atoms. The topological polar surface area (TPSA) is 64.1 Å². The van der Waals surface area contributed by atoms with Gasteiger partial charge >= 0.3 is 0 Å². The summed E-state index contributed by atoms with van der Waals surface area (Å²) in [5.74, 6) is 0.428. The smallest absolute Gasteiger partial charge is 0.257 e. The molecule has 5 nitrogen and oxygen atoms in total. The largest absolute Gasteiger partial charge is 0.497 e. The molecule has 3 aromatic rings. The molecule has 1 aromatic heterocycles. The van der Waals surface area contributed by atoms with Gasteiger partial charge in [-0.05, 0) is 36.6 Å². The van der Waals surface area contributed by atoms with Crippen molar-refractivity contribution in [2.24, 2.45) is 0 Å². The Morgan fingerprint density at radius 2 is 1.92 bits per heavy atom. The van der Waals surface area contributed by atoms with Gasteiger partial charge in [-0.2, -0.15) is 0 Å². The van der Waals surface area contributed by atoms with E-state index < -0.39 is 0 Å². The van der Waals surface area contributed by atoms with E-state index in [-0.39, 0.29) is 5.91 Å². The van der Waals surface area contributed by atoms with Crippen molar-refractivity contribution in [1.29, 1.82) is 0 Å². The van der Waals surface area contributed by atoms with Gasteiger partial charge in [0.2, 0.25) is 5.13 Å². The quantitative estimate of drug-likeness (QED) is 0.698. The minimum absolute atomic E-state index is 0.217. The highest BCUT2D eigenvalue weighted by Crippen LogP contribution is 2.19. The molecule has 1 heterocycles. The number of ether oxygens (including phenoxy) is 1. The summed E-state index contributed by atoms with van der Waals surface area (Å²) in [6.45, 7) is 0. The lowest BCUT2D eigenvalue weighted by Crippen LogP contribution is -2.11. The fraction of sp³-hybridized carbons (Fsp3) is 0.211. The second kappa shape index (κ2) is 8.39. The molecule has 128 valence electrons. The van der Waals surface area contributed by atoms with Crippen LogP contribution in [0, 0.1) is 0 Å². The van der Waals surface area contributed by atoms with Crippen LogP contribution in [-0.2, 0) is 12.8 Å². The van der Waals surface area contributed by atoms with Gasteiger partial charge in [-0.1, -0.05) is 47.7 Å². The number of rotatable bonds is 7. The first kappa shape index (κ1) is 17.1. The average Bonchev–Trinajstić information content (AvgIpc) is 3.10. The molecule has 0 radical (unpaired) electrons. The van der Waals surface area contributed by atoms with Gasteiger partial charge in [-0.3, -0.25) is 10.1 Å². The number of carbonyl (C=O) groups is 1. The Bertz CT molecular complexity index is 833. The number of nitrogens with one attached hydrogen (secondary N) is 1. The lowest BCUT2D eigenvalue weighted by atomic mass is 10.1. The van der Waals surface area contributed by atoms with Crippen LogP contribution in [0.4, 0.5) is 5.13 Å². The summed E-state index contributed by atoms with van der Waals surface area (Å²) in [6, 6.07) is 17.4. The van der Waals surface area contributed by atoms with Crippen molar-refractivity contribution < 1.29 is 9.53 Å². The van der Waals surface area contributed by atoms with Crippen molar-refractivity contribution in [1.82, 2.24) is 10.2 Å². The van der Waals surface area contributed by atoms with Gasteiger partial charge in [0.15, 0.2) is 0 Å². The third kappa shape index (κ3) is 4.87. The van der Waals surface area contributed by atoms with Crippen LogP contribution in [0.1, 0.15) is 27.3 Å². The summed E-state index contributed by atoms with van der Waals surface area (Å²) in [7, 11) is 1.57. The van der Waals surface area contributed by atoms with Crippen LogP contribution in [0.15, 0.2) is 54.6 Å². The molecule has 0 fully saturated rings. The monoisotopic (exact) mass is 353 g/mol. The Hall–Kier alpha value is -2.73. The van der Waals surface area contributed by atoms with Crippen molar-refractivity contribution in [3.05, 3.63) is 70.7 Å². The summed E-state index contributed by atoms with van der Waals surface area (Å²) in [5.41, 5.74) is 1.85. The van der Waals surface area contributed by atoms with Gasteiger partial charge in [0.1, 0.15) is 10.8 Å². The number of benzene rings is 2. The molecule has 0 atom stereocenters. The predicted octanol–water partition coefficient (Wildman–Crippen LogP) is 3.97. The maximum atomic E-state index is 12.3. The second-order valence-electron chi connectivity index (χ2n) is 5.53. The molecule has 3 rings (SSSR count). The van der Waals surface area contributed by atoms with Crippen LogP contribution in [0.5, 0.6) is 5.75 Å². The number of nitrogens with zero attached hydrogens (tertiary/aromatic N) is 2. The number of methoxy groups -OCH3 is 1. The van der Waals surface area contributed by atoms with Crippen molar-refractivity contribution in [2.45, 2.75) is 19.3 Å². The third-order valence-corrected chi connectivity index (χ3v) is 4.62. The molecular weight excluding hydrogens is 334 g/mol. The number of amides is 1. The Kier molecular flexibility index (Phi) is 5.74. The summed E-state index contributed by atoms with van der Waals surface area (Å²) in [6.07, 6.45) is 2.86. The van der Waals surface area contributed by atoms with Gasteiger partial charge in [0.25, 0.3) is 5.91 Å². The molecule has 6 heteroatoms. The van der Waals surface area contributed by atoms with E-state index in [1.54, 1.807) is 31.4 Å². The Morgan fingerprint density at radius 3 is 2.72 bits per heavy atom. The Labute approximate surface area is 150 Å². The first-order chi connectivity index (χ1) is 12.2. The van der Waals surface area contributed by atoms with Gasteiger partial charge in [0, 0.05) is 12.0 Å². The summed E-state index contributed by atoms with van der Waals surface area (Å²) < 4.78 is 5.13. The molecule has 0 unspecified atom stereocenters. The van der Waals surface area contributed by atoms with E-state index in [9.17, 15) is 4.79 Å². The summed E-state index contributed by atoms with van der Waals surface area (Å²) in [4.78, 5) is 12.3. The van der Waals surface area contributed by atoms with Gasteiger partial charge in [-0.25, -0.2) is 0 Å². The number of hydrogen-bond donors (Lipinski definition) is 1. The molecule has 0 saturated carbocycles. The van der Waals surface area contributed by atoms with E-state index in [1.165, 1.54) is 16.9 Å². The van der Waals surface area contributed by atoms with Gasteiger partial charge < -0.3 is 4.74 Å². The minimum atomic E-state index is -0.217. The van der Waals surface area contributed by atoms with Crippen LogP contribution >= 0.6 is 11.3 Å². The highest BCUT2D eigenvalue weighted by Gasteiger charge is 2.11. The fourth-order valence-electron chi connectivity index (χ4n) is 2.43. The molecule has 0 saturated heterocycles. The predicted molar refractivity (Wildman–Crippen MR) is 99.3 cm³/mol. The van der Waals surface area contributed by atoms with E-state index in [4.69, 9.17) is 4.74 Å². The van der Waals surface area contributed by atoms with E-state index >= 15 is 0 Å². The molecule has 25 heavy (non-hydrogen) atoms. The van der Waals surface area contributed by atoms with E-state index in [0.29, 0.717) is 16.4 Å². The molecule has 0 aliphatic heterocycles. The summed E-state index contributed by atoms with van der Waals surface area (Å²) >= 11 is 1.42. The highest BCUT2D eigenvalue weighted by molar-refractivity contribution is 7.15. The van der Waals surface area contributed by atoms with E-state index in [2.05, 4.69) is 27.6 Å². The number of aryl methyl sites for hydroxylation is 2. The lowest BCUT2D eigenvalue weighted by Gasteiger charge is -2.03. The maximum Gasteiger partial charge on any atom is 0.257 e. The second-order valence-corrected chi connectivity index (χ2v) is 6.59. The number of aromatic nitrogens is 2. The maximum absolute atomic E-state index is 12.3. The van der Waals surface area contributed by atoms with Crippen molar-refractivity contribution >= 4 is 22.4 Å². The summed E-state index contributed by atoms with van der Waals surface area (Å²) in [5, 5.41) is 12.4. The SMILES string of the molecule is COc1cccc(C(=O)Nc2nnc(CCCc3ccccc3)s2)c1. The standard InChI is InChI=1S/C19H19N3O2S/c1-24-16-11-6-10-15(13-16)18(23)20-19-22-21-17(25-19)12-5-9-14-7-3-2-4-8-14/h2-4,6-8,10-11,13H,5,9,12H2,1H3,(H,20,22,23). The van der Waals surface area contributed by atoms with Crippen molar-refractivity contribution in [3.8, 4) is 5.75 Å². The molecule has 0 aliphatic rings. The molecular formula is C19H19N3O2S. The first-order valence-corrected chi connectivity index (χ1v) is 8.88. The Balaban J connectivity index is 1.53. The van der Waals surface area contributed by atoms with Gasteiger partial charge in [0.05, 0.1) is 7.11 Å². The third-order valence-electron chi connectivity index (χ3n) is 3.72. The number of hydrogen-bond acceptors (Lipinski definition) is 5. The number of carbonyl (C=O) groups excluding carboxylic acids is 1. The first-order valence-electron chi connectivity index (χ1n) is 8.06. The average molecular weight is 353 g/mol. The van der Waals surface area contributed by atoms with Crippen LogP contribution in [-0.4, -0.2) is 23.2 Å². The van der Waals surface area contributed by atoms with Gasteiger partial charge in [-0.15, -0.1) is 10.2 Å². The molecule has 1 N–H and O–H groups in total. The molecule has 2 aromatic carbocycles. The number of anilines is 1. The van der Waals surface area contributed by atoms with E-state index in [0.717, 1.165) is 24.3 Å². The van der Waals surface area contributed by atoms with Crippen LogP contribution in [0.2, 0.25) is 0 Å². The highest BCUT2D eigenvalue weighted by atomic mass is 32.1. The Morgan fingerprint density at radius 1 is 1.08 bits per heavy atom. The fourth-order valence-corrected chi connectivity index (χ4v) is 3.20. The normalized spacial score (nSPS) is 10.4. The molecule has 0 bridgehead atoms. The van der Waals surface area contributed by atoms with E-state index in [1.807, 2.05) is 18.2 Å².